The van der Waals surface area contributed by atoms with Gasteiger partial charge in [0.1, 0.15) is 0 Å². The summed E-state index contributed by atoms with van der Waals surface area (Å²) in [4.78, 5) is 0. The van der Waals surface area contributed by atoms with Crippen molar-refractivity contribution >= 4 is 0 Å². The zero-order chi connectivity index (χ0) is 7.56. The Labute approximate surface area is 63.8 Å². The maximum atomic E-state index is 5.59. The molecule has 0 aromatic carbocycles. The lowest BCUT2D eigenvalue weighted by Crippen LogP contribution is -2.18. The first-order valence-electron chi connectivity index (χ1n) is 4.37. The quantitative estimate of drug-likeness (QED) is 0.575. The van der Waals surface area contributed by atoms with Crippen LogP contribution in [0.2, 0.25) is 0 Å². The second-order valence-corrected chi connectivity index (χ2v) is 3.41. The molecule has 1 rings (SSSR count). The molecule has 1 fully saturated rings. The molecule has 1 saturated carbocycles. The van der Waals surface area contributed by atoms with E-state index >= 15 is 0 Å². The van der Waals surface area contributed by atoms with Gasteiger partial charge in [-0.05, 0) is 31.6 Å². The summed E-state index contributed by atoms with van der Waals surface area (Å²) in [5, 5.41) is 0. The summed E-state index contributed by atoms with van der Waals surface area (Å²) in [6.07, 6.45) is 3.18. The Kier molecular flexibility index (Phi) is 2.72. The van der Waals surface area contributed by atoms with Gasteiger partial charge in [0, 0.05) is 6.61 Å². The van der Waals surface area contributed by atoms with E-state index in [2.05, 4.69) is 20.8 Å². The van der Waals surface area contributed by atoms with Crippen LogP contribution in [0.5, 0.6) is 0 Å². The molecule has 1 aliphatic rings. The molecule has 1 nitrogen and oxygen atoms in total. The van der Waals surface area contributed by atoms with E-state index < -0.39 is 0 Å². The number of rotatable bonds is 2. The van der Waals surface area contributed by atoms with Gasteiger partial charge in [-0.25, -0.2) is 0 Å². The van der Waals surface area contributed by atoms with Crippen LogP contribution in [0.1, 0.15) is 33.6 Å². The van der Waals surface area contributed by atoms with Gasteiger partial charge in [0.2, 0.25) is 0 Å². The van der Waals surface area contributed by atoms with Crippen LogP contribution in [0.3, 0.4) is 0 Å². The molecule has 0 spiro atoms. The Bertz CT molecular complexity index is 98.9. The van der Waals surface area contributed by atoms with Gasteiger partial charge in [-0.3, -0.25) is 0 Å². The summed E-state index contributed by atoms with van der Waals surface area (Å²) >= 11 is 0. The van der Waals surface area contributed by atoms with Crippen molar-refractivity contribution in [1.82, 2.24) is 0 Å². The van der Waals surface area contributed by atoms with Crippen LogP contribution in [0.4, 0.5) is 0 Å². The smallest absolute Gasteiger partial charge is 0.0603 e. The molecule has 0 N–H and O–H groups in total. The number of ether oxygens (including phenoxy) is 1. The normalized spacial score (nSPS) is 40.5. The van der Waals surface area contributed by atoms with Crippen LogP contribution in [-0.4, -0.2) is 12.7 Å². The van der Waals surface area contributed by atoms with Crippen molar-refractivity contribution in [3.05, 3.63) is 0 Å². The van der Waals surface area contributed by atoms with Gasteiger partial charge in [-0.15, -0.1) is 0 Å². The molecule has 0 amide bonds. The topological polar surface area (TPSA) is 9.23 Å². The zero-order valence-corrected chi connectivity index (χ0v) is 7.26. The first kappa shape index (κ1) is 8.06. The Morgan fingerprint density at radius 3 is 2.40 bits per heavy atom. The minimum Gasteiger partial charge on any atom is -0.378 e. The molecule has 3 unspecified atom stereocenters. The average molecular weight is 142 g/mol. The van der Waals surface area contributed by atoms with E-state index in [1.54, 1.807) is 0 Å². The summed E-state index contributed by atoms with van der Waals surface area (Å²) in [5.41, 5.74) is 0. The van der Waals surface area contributed by atoms with Crippen LogP contribution < -0.4 is 0 Å². The van der Waals surface area contributed by atoms with Gasteiger partial charge in [0.25, 0.3) is 0 Å². The summed E-state index contributed by atoms with van der Waals surface area (Å²) in [7, 11) is 0. The SMILES string of the molecule is CCOC1CCC(C)C1C. The lowest BCUT2D eigenvalue weighted by molar-refractivity contribution is 0.0354. The highest BCUT2D eigenvalue weighted by Crippen LogP contribution is 2.32. The summed E-state index contributed by atoms with van der Waals surface area (Å²) in [5.74, 6) is 1.65. The maximum Gasteiger partial charge on any atom is 0.0603 e. The monoisotopic (exact) mass is 142 g/mol. The molecular formula is C9H18O. The zero-order valence-electron chi connectivity index (χ0n) is 7.26. The Morgan fingerprint density at radius 1 is 1.30 bits per heavy atom. The Balaban J connectivity index is 2.33. The fourth-order valence-electron chi connectivity index (χ4n) is 1.77. The summed E-state index contributed by atoms with van der Waals surface area (Å²) < 4.78 is 5.59. The summed E-state index contributed by atoms with van der Waals surface area (Å²) in [6.45, 7) is 7.58. The van der Waals surface area contributed by atoms with Crippen molar-refractivity contribution in [2.45, 2.75) is 39.7 Å². The molecule has 0 heterocycles. The highest BCUT2D eigenvalue weighted by Gasteiger charge is 2.29. The van der Waals surface area contributed by atoms with Crippen LogP contribution in [0.15, 0.2) is 0 Å². The van der Waals surface area contributed by atoms with E-state index in [-0.39, 0.29) is 0 Å². The van der Waals surface area contributed by atoms with E-state index in [9.17, 15) is 0 Å². The molecule has 3 atom stereocenters. The standard InChI is InChI=1S/C9H18O/c1-4-10-9-6-5-7(2)8(9)3/h7-9H,4-6H2,1-3H3. The first-order chi connectivity index (χ1) is 4.75. The van der Waals surface area contributed by atoms with E-state index in [0.717, 1.165) is 18.4 Å². The van der Waals surface area contributed by atoms with Crippen molar-refractivity contribution in [2.24, 2.45) is 11.8 Å². The third-order valence-electron chi connectivity index (χ3n) is 2.77. The van der Waals surface area contributed by atoms with Gasteiger partial charge in [-0.2, -0.15) is 0 Å². The molecule has 0 radical (unpaired) electrons. The van der Waals surface area contributed by atoms with Gasteiger partial charge >= 0.3 is 0 Å². The fourth-order valence-corrected chi connectivity index (χ4v) is 1.77. The van der Waals surface area contributed by atoms with Crippen molar-refractivity contribution in [3.63, 3.8) is 0 Å². The molecule has 60 valence electrons. The summed E-state index contributed by atoms with van der Waals surface area (Å²) in [6, 6.07) is 0. The minimum atomic E-state index is 0.556. The van der Waals surface area contributed by atoms with Gasteiger partial charge in [-0.1, -0.05) is 13.8 Å². The number of hydrogen-bond acceptors (Lipinski definition) is 1. The van der Waals surface area contributed by atoms with Crippen molar-refractivity contribution in [1.29, 1.82) is 0 Å². The predicted molar refractivity (Wildman–Crippen MR) is 43.0 cm³/mol. The second kappa shape index (κ2) is 3.38. The maximum absolute atomic E-state index is 5.59. The van der Waals surface area contributed by atoms with Crippen molar-refractivity contribution in [2.75, 3.05) is 6.61 Å². The molecule has 10 heavy (non-hydrogen) atoms. The minimum absolute atomic E-state index is 0.556. The van der Waals surface area contributed by atoms with Crippen LogP contribution >= 0.6 is 0 Å². The average Bonchev–Trinajstić information content (AvgIpc) is 2.20. The predicted octanol–water partition coefficient (Wildman–Crippen LogP) is 2.46. The van der Waals surface area contributed by atoms with Gasteiger partial charge in [0.05, 0.1) is 6.10 Å². The molecule has 0 bridgehead atoms. The van der Waals surface area contributed by atoms with E-state index in [4.69, 9.17) is 4.74 Å². The third kappa shape index (κ3) is 1.51. The molecular weight excluding hydrogens is 124 g/mol. The van der Waals surface area contributed by atoms with Crippen LogP contribution in [0.25, 0.3) is 0 Å². The van der Waals surface area contributed by atoms with Crippen molar-refractivity contribution < 1.29 is 4.74 Å². The highest BCUT2D eigenvalue weighted by molar-refractivity contribution is 4.79. The van der Waals surface area contributed by atoms with Gasteiger partial charge in [0.15, 0.2) is 0 Å². The van der Waals surface area contributed by atoms with Crippen LogP contribution in [0, 0.1) is 11.8 Å². The van der Waals surface area contributed by atoms with Crippen molar-refractivity contribution in [3.8, 4) is 0 Å². The van der Waals surface area contributed by atoms with Gasteiger partial charge < -0.3 is 4.74 Å². The first-order valence-corrected chi connectivity index (χ1v) is 4.37. The Hall–Kier alpha value is -0.0400. The Morgan fingerprint density at radius 2 is 2.00 bits per heavy atom. The number of hydrogen-bond donors (Lipinski definition) is 0. The van der Waals surface area contributed by atoms with E-state index in [0.29, 0.717) is 6.10 Å². The molecule has 0 aromatic rings. The van der Waals surface area contributed by atoms with E-state index in [1.165, 1.54) is 12.8 Å². The lowest BCUT2D eigenvalue weighted by atomic mass is 9.99. The lowest BCUT2D eigenvalue weighted by Gasteiger charge is -2.17. The molecule has 0 aliphatic heterocycles. The molecule has 0 aromatic heterocycles. The van der Waals surface area contributed by atoms with Crippen LogP contribution in [-0.2, 0) is 4.74 Å². The highest BCUT2D eigenvalue weighted by atomic mass is 16.5. The second-order valence-electron chi connectivity index (χ2n) is 3.41. The third-order valence-corrected chi connectivity index (χ3v) is 2.77. The fraction of sp³-hybridized carbons (Fsp3) is 1.00. The largest absolute Gasteiger partial charge is 0.378 e. The molecule has 1 aliphatic carbocycles. The molecule has 1 heteroatoms. The molecule has 0 saturated heterocycles. The van der Waals surface area contributed by atoms with E-state index in [1.807, 2.05) is 0 Å².